The maximum absolute atomic E-state index is 12.7. The molecule has 0 saturated heterocycles. The van der Waals surface area contributed by atoms with Gasteiger partial charge < -0.3 is 20.5 Å². The van der Waals surface area contributed by atoms with Crippen LogP contribution in [-0.4, -0.2) is 52.7 Å². The fraction of sp³-hybridized carbons (Fsp3) is 0.857. The topological polar surface area (TPSA) is 92.9 Å². The van der Waals surface area contributed by atoms with Crippen LogP contribution in [0.25, 0.3) is 0 Å². The van der Waals surface area contributed by atoms with E-state index in [-0.39, 0.29) is 24.6 Å². The molecule has 6 heteroatoms. The minimum absolute atomic E-state index is 0.0426. The number of amides is 1. The molecule has 3 N–H and O–H groups in total. The smallest absolute Gasteiger partial charge is 0.323 e. The van der Waals surface area contributed by atoms with E-state index in [9.17, 15) is 9.59 Å². The van der Waals surface area contributed by atoms with Gasteiger partial charge in [0.25, 0.3) is 0 Å². The molecule has 0 aromatic rings. The zero-order chi connectivity index (χ0) is 15.1. The number of ether oxygens (including phenoxy) is 1. The van der Waals surface area contributed by atoms with Gasteiger partial charge in [0.15, 0.2) is 0 Å². The van der Waals surface area contributed by atoms with Gasteiger partial charge in [-0.2, -0.15) is 0 Å². The van der Waals surface area contributed by atoms with Crippen molar-refractivity contribution in [2.45, 2.75) is 57.7 Å². The third-order valence-corrected chi connectivity index (χ3v) is 4.77. The van der Waals surface area contributed by atoms with Crippen molar-refractivity contribution in [3.8, 4) is 0 Å². The van der Waals surface area contributed by atoms with Crippen molar-refractivity contribution >= 4 is 11.9 Å². The van der Waals surface area contributed by atoms with Gasteiger partial charge in [-0.1, -0.05) is 13.8 Å². The lowest BCUT2D eigenvalue weighted by atomic mass is 9.54. The lowest BCUT2D eigenvalue weighted by molar-refractivity contribution is -0.181. The first-order chi connectivity index (χ1) is 9.24. The van der Waals surface area contributed by atoms with Crippen LogP contribution in [0.15, 0.2) is 0 Å². The fourth-order valence-electron chi connectivity index (χ4n) is 2.95. The van der Waals surface area contributed by atoms with Crippen molar-refractivity contribution in [3.05, 3.63) is 0 Å². The van der Waals surface area contributed by atoms with Crippen LogP contribution in [0.2, 0.25) is 0 Å². The standard InChI is InChI=1S/C14H24N2O4/c1-4-20-10-7-14(15,13(10,2)3)12(19)16(8-11(17)18)9-5-6-9/h9-10H,4-8,15H2,1-3H3,(H,17,18). The molecule has 6 nitrogen and oxygen atoms in total. The number of nitrogens with two attached hydrogens (primary N) is 1. The van der Waals surface area contributed by atoms with Crippen molar-refractivity contribution in [3.63, 3.8) is 0 Å². The summed E-state index contributed by atoms with van der Waals surface area (Å²) in [4.78, 5) is 25.1. The SMILES string of the molecule is CCOC1CC(N)(C(=O)N(CC(=O)O)C2CC2)C1(C)C. The molecule has 2 saturated carbocycles. The van der Waals surface area contributed by atoms with Crippen LogP contribution < -0.4 is 5.73 Å². The normalized spacial score (nSPS) is 31.5. The Labute approximate surface area is 119 Å². The highest BCUT2D eigenvalue weighted by Gasteiger charge is 2.64. The van der Waals surface area contributed by atoms with Crippen molar-refractivity contribution < 1.29 is 19.4 Å². The van der Waals surface area contributed by atoms with Gasteiger partial charge in [0, 0.05) is 24.5 Å². The zero-order valence-corrected chi connectivity index (χ0v) is 12.4. The highest BCUT2D eigenvalue weighted by Crippen LogP contribution is 2.51. The van der Waals surface area contributed by atoms with Crippen molar-refractivity contribution in [2.75, 3.05) is 13.2 Å². The Morgan fingerprint density at radius 2 is 2.00 bits per heavy atom. The minimum Gasteiger partial charge on any atom is -0.480 e. The Bertz CT molecular complexity index is 419. The number of hydrogen-bond donors (Lipinski definition) is 2. The molecule has 2 aliphatic carbocycles. The summed E-state index contributed by atoms with van der Waals surface area (Å²) >= 11 is 0. The number of carbonyl (C=O) groups excluding carboxylic acids is 1. The van der Waals surface area contributed by atoms with Crippen molar-refractivity contribution in [1.29, 1.82) is 0 Å². The molecule has 2 atom stereocenters. The summed E-state index contributed by atoms with van der Waals surface area (Å²) in [5.41, 5.74) is 4.82. The second-order valence-electron chi connectivity index (χ2n) is 6.40. The Morgan fingerprint density at radius 3 is 2.40 bits per heavy atom. The minimum atomic E-state index is -1.02. The first kappa shape index (κ1) is 15.3. The Morgan fingerprint density at radius 1 is 1.40 bits per heavy atom. The predicted molar refractivity (Wildman–Crippen MR) is 73.1 cm³/mol. The molecule has 2 aliphatic rings. The molecule has 0 aromatic heterocycles. The van der Waals surface area contributed by atoms with Gasteiger partial charge in [-0.25, -0.2) is 0 Å². The molecular formula is C14H24N2O4. The lowest BCUT2D eigenvalue weighted by Crippen LogP contribution is -2.76. The molecule has 0 aromatic carbocycles. The maximum Gasteiger partial charge on any atom is 0.323 e. The largest absolute Gasteiger partial charge is 0.480 e. The van der Waals surface area contributed by atoms with Crippen LogP contribution in [-0.2, 0) is 14.3 Å². The molecule has 0 heterocycles. The summed E-state index contributed by atoms with van der Waals surface area (Å²) in [6, 6.07) is 0.0426. The number of aliphatic carboxylic acids is 1. The molecule has 1 amide bonds. The molecule has 0 bridgehead atoms. The number of rotatable bonds is 6. The molecule has 0 aliphatic heterocycles. The summed E-state index contributed by atoms with van der Waals surface area (Å²) in [5.74, 6) is -1.24. The van der Waals surface area contributed by atoms with Crippen LogP contribution in [0.1, 0.15) is 40.0 Å². The second kappa shape index (κ2) is 5.00. The summed E-state index contributed by atoms with van der Waals surface area (Å²) in [6.07, 6.45) is 2.14. The van der Waals surface area contributed by atoms with Crippen molar-refractivity contribution in [1.82, 2.24) is 4.90 Å². The van der Waals surface area contributed by atoms with Gasteiger partial charge in [0.2, 0.25) is 5.91 Å². The second-order valence-corrected chi connectivity index (χ2v) is 6.40. The van der Waals surface area contributed by atoms with E-state index >= 15 is 0 Å². The number of nitrogens with zero attached hydrogens (tertiary/aromatic N) is 1. The van der Waals surface area contributed by atoms with E-state index in [4.69, 9.17) is 15.6 Å². The molecule has 0 spiro atoms. The van der Waals surface area contributed by atoms with Crippen LogP contribution in [0.5, 0.6) is 0 Å². The first-order valence-electron chi connectivity index (χ1n) is 7.17. The van der Waals surface area contributed by atoms with Gasteiger partial charge in [0.1, 0.15) is 12.1 Å². The quantitative estimate of drug-likeness (QED) is 0.745. The van der Waals surface area contributed by atoms with Gasteiger partial charge >= 0.3 is 5.97 Å². The van der Waals surface area contributed by atoms with Gasteiger partial charge in [0.05, 0.1) is 6.10 Å². The first-order valence-corrected chi connectivity index (χ1v) is 7.17. The van der Waals surface area contributed by atoms with Crippen LogP contribution in [0.3, 0.4) is 0 Å². The summed E-state index contributed by atoms with van der Waals surface area (Å²) < 4.78 is 5.61. The van der Waals surface area contributed by atoms with E-state index in [0.717, 1.165) is 12.8 Å². The van der Waals surface area contributed by atoms with E-state index in [1.165, 1.54) is 4.90 Å². The molecule has 2 unspecified atom stereocenters. The third-order valence-electron chi connectivity index (χ3n) is 4.77. The highest BCUT2D eigenvalue weighted by atomic mass is 16.5. The molecule has 2 fully saturated rings. The maximum atomic E-state index is 12.7. The van der Waals surface area contributed by atoms with Gasteiger partial charge in [-0.3, -0.25) is 9.59 Å². The number of carbonyl (C=O) groups is 2. The van der Waals surface area contributed by atoms with Gasteiger partial charge in [-0.05, 0) is 19.8 Å². The van der Waals surface area contributed by atoms with E-state index in [1.54, 1.807) is 0 Å². The molecule has 20 heavy (non-hydrogen) atoms. The highest BCUT2D eigenvalue weighted by molar-refractivity contribution is 5.91. The Balaban J connectivity index is 2.13. The summed E-state index contributed by atoms with van der Waals surface area (Å²) in [5, 5.41) is 8.97. The zero-order valence-electron chi connectivity index (χ0n) is 12.4. The molecular weight excluding hydrogens is 260 g/mol. The summed E-state index contributed by atoms with van der Waals surface area (Å²) in [7, 11) is 0. The van der Waals surface area contributed by atoms with E-state index in [0.29, 0.717) is 13.0 Å². The van der Waals surface area contributed by atoms with Crippen molar-refractivity contribution in [2.24, 2.45) is 11.1 Å². The van der Waals surface area contributed by atoms with Crippen LogP contribution >= 0.6 is 0 Å². The lowest BCUT2D eigenvalue weighted by Gasteiger charge is -2.58. The van der Waals surface area contributed by atoms with E-state index in [1.807, 2.05) is 20.8 Å². The monoisotopic (exact) mass is 284 g/mol. The fourth-order valence-corrected chi connectivity index (χ4v) is 2.95. The average molecular weight is 284 g/mol. The van der Waals surface area contributed by atoms with Gasteiger partial charge in [-0.15, -0.1) is 0 Å². The molecule has 114 valence electrons. The van der Waals surface area contributed by atoms with E-state index in [2.05, 4.69) is 0 Å². The van der Waals surface area contributed by atoms with Crippen LogP contribution in [0.4, 0.5) is 0 Å². The average Bonchev–Trinajstić information content (AvgIpc) is 3.18. The number of carboxylic acid groups (broad SMARTS) is 1. The Hall–Kier alpha value is -1.14. The molecule has 2 rings (SSSR count). The predicted octanol–water partition coefficient (Wildman–Crippen LogP) is 0.595. The van der Waals surface area contributed by atoms with Crippen LogP contribution in [0, 0.1) is 5.41 Å². The van der Waals surface area contributed by atoms with E-state index < -0.39 is 16.9 Å². The Kier molecular flexibility index (Phi) is 3.81. The summed E-state index contributed by atoms with van der Waals surface area (Å²) in [6.45, 7) is 6.06. The number of carboxylic acids is 1. The number of hydrogen-bond acceptors (Lipinski definition) is 4. The third kappa shape index (κ3) is 2.31. The molecule has 0 radical (unpaired) electrons.